The van der Waals surface area contributed by atoms with Crippen molar-refractivity contribution >= 4 is 17.3 Å². The molecule has 0 spiro atoms. The molecule has 0 atom stereocenters. The summed E-state index contributed by atoms with van der Waals surface area (Å²) in [5.74, 6) is -5.05. The molecule has 21 heavy (non-hydrogen) atoms. The van der Waals surface area contributed by atoms with Crippen LogP contribution in [0.5, 0.6) is 0 Å². The van der Waals surface area contributed by atoms with E-state index in [1.165, 1.54) is 6.92 Å². The van der Waals surface area contributed by atoms with Gasteiger partial charge in [-0.1, -0.05) is 0 Å². The first-order valence-corrected chi connectivity index (χ1v) is 6.21. The highest BCUT2D eigenvalue weighted by atomic mass is 32.1. The largest absolute Gasteiger partial charge is 0.477 e. The lowest BCUT2D eigenvalue weighted by atomic mass is 10.1. The van der Waals surface area contributed by atoms with E-state index in [1.54, 1.807) is 0 Å². The third-order valence-corrected chi connectivity index (χ3v) is 3.79. The molecule has 1 N–H and O–H groups in total. The number of hydrogen-bond donors (Lipinski definition) is 1. The van der Waals surface area contributed by atoms with E-state index in [9.17, 15) is 26.7 Å². The van der Waals surface area contributed by atoms with Crippen LogP contribution in [0.15, 0.2) is 12.1 Å². The minimum atomic E-state index is -5.02. The molecule has 0 amide bonds. The van der Waals surface area contributed by atoms with Crippen molar-refractivity contribution < 1.29 is 31.9 Å². The second-order valence-corrected chi connectivity index (χ2v) is 5.02. The number of nitrogens with zero attached hydrogens (tertiary/aromatic N) is 1. The summed E-state index contributed by atoms with van der Waals surface area (Å²) in [5.41, 5.74) is -2.17. The second kappa shape index (κ2) is 5.06. The number of aromatic carboxylic acids is 1. The molecule has 0 saturated carbocycles. The summed E-state index contributed by atoms with van der Waals surface area (Å²) in [4.78, 5) is 14.4. The predicted octanol–water partition coefficient (Wildman–Crippen LogP) is 4.11. The first-order chi connectivity index (χ1) is 9.62. The highest BCUT2D eigenvalue weighted by molar-refractivity contribution is 7.17. The average Bonchev–Trinajstić information content (AvgIpc) is 2.73. The van der Waals surface area contributed by atoms with Gasteiger partial charge in [0.15, 0.2) is 11.6 Å². The van der Waals surface area contributed by atoms with Crippen LogP contribution in [0.3, 0.4) is 0 Å². The number of benzene rings is 1. The second-order valence-electron chi connectivity index (χ2n) is 4.03. The molecule has 0 aliphatic heterocycles. The van der Waals surface area contributed by atoms with Crippen LogP contribution in [0.4, 0.5) is 22.0 Å². The lowest BCUT2D eigenvalue weighted by Crippen LogP contribution is -2.10. The van der Waals surface area contributed by atoms with E-state index >= 15 is 0 Å². The highest BCUT2D eigenvalue weighted by Crippen LogP contribution is 2.37. The molecule has 0 fully saturated rings. The van der Waals surface area contributed by atoms with E-state index in [4.69, 9.17) is 5.11 Å². The first-order valence-electron chi connectivity index (χ1n) is 5.39. The molecule has 0 aliphatic carbocycles. The Morgan fingerprint density at radius 2 is 1.86 bits per heavy atom. The van der Waals surface area contributed by atoms with Crippen LogP contribution < -0.4 is 0 Å². The van der Waals surface area contributed by atoms with E-state index in [2.05, 4.69) is 4.98 Å². The fourth-order valence-electron chi connectivity index (χ4n) is 1.64. The molecule has 0 radical (unpaired) electrons. The summed E-state index contributed by atoms with van der Waals surface area (Å²) in [6.07, 6.45) is -5.02. The zero-order valence-electron chi connectivity index (χ0n) is 10.3. The molecular formula is C12H6F5NO2S. The van der Waals surface area contributed by atoms with Gasteiger partial charge in [0.25, 0.3) is 0 Å². The number of carboxylic acids is 1. The van der Waals surface area contributed by atoms with Crippen molar-refractivity contribution in [1.82, 2.24) is 4.98 Å². The molecule has 2 rings (SSSR count). The summed E-state index contributed by atoms with van der Waals surface area (Å²) in [6.45, 7) is 1.35. The maximum absolute atomic E-state index is 13.8. The van der Waals surface area contributed by atoms with Gasteiger partial charge in [-0.25, -0.2) is 18.6 Å². The molecule has 0 aliphatic rings. The van der Waals surface area contributed by atoms with Crippen LogP contribution in [-0.4, -0.2) is 16.1 Å². The number of rotatable bonds is 2. The van der Waals surface area contributed by atoms with Gasteiger partial charge < -0.3 is 5.11 Å². The quantitative estimate of drug-likeness (QED) is 0.846. The minimum Gasteiger partial charge on any atom is -0.477 e. The van der Waals surface area contributed by atoms with Crippen molar-refractivity contribution in [1.29, 1.82) is 0 Å². The third kappa shape index (κ3) is 2.73. The molecular weight excluding hydrogens is 317 g/mol. The molecule has 3 nitrogen and oxygen atoms in total. The van der Waals surface area contributed by atoms with E-state index in [0.29, 0.717) is 17.4 Å². The van der Waals surface area contributed by atoms with Gasteiger partial charge in [0.05, 0.1) is 11.3 Å². The summed E-state index contributed by atoms with van der Waals surface area (Å²) < 4.78 is 64.6. The van der Waals surface area contributed by atoms with Gasteiger partial charge in [0, 0.05) is 5.56 Å². The van der Waals surface area contributed by atoms with E-state index in [0.717, 1.165) is 6.07 Å². The molecule has 0 saturated heterocycles. The fourth-order valence-corrected chi connectivity index (χ4v) is 2.57. The molecule has 2 aromatic rings. The van der Waals surface area contributed by atoms with Crippen LogP contribution in [0.2, 0.25) is 0 Å². The molecule has 1 heterocycles. The van der Waals surface area contributed by atoms with Crippen molar-refractivity contribution in [2.24, 2.45) is 0 Å². The molecule has 1 aromatic carbocycles. The van der Waals surface area contributed by atoms with Gasteiger partial charge in [0.2, 0.25) is 0 Å². The number of thiazole rings is 1. The molecule has 0 unspecified atom stereocenters. The number of carbonyl (C=O) groups is 1. The summed E-state index contributed by atoms with van der Waals surface area (Å²) in [7, 11) is 0. The van der Waals surface area contributed by atoms with Gasteiger partial charge in [-0.2, -0.15) is 13.2 Å². The SMILES string of the molecule is Cc1nc(-c2ccc(C(F)(F)F)c(F)c2F)sc1C(=O)O. The van der Waals surface area contributed by atoms with Crippen molar-refractivity contribution in [2.75, 3.05) is 0 Å². The fraction of sp³-hybridized carbons (Fsp3) is 0.167. The monoisotopic (exact) mass is 323 g/mol. The zero-order valence-corrected chi connectivity index (χ0v) is 11.1. The number of aromatic nitrogens is 1. The molecule has 1 aromatic heterocycles. The Bertz CT molecular complexity index is 723. The maximum atomic E-state index is 13.8. The van der Waals surface area contributed by atoms with Gasteiger partial charge >= 0.3 is 12.1 Å². The van der Waals surface area contributed by atoms with E-state index in [-0.39, 0.29) is 15.6 Å². The normalized spacial score (nSPS) is 11.7. The number of carboxylic acid groups (broad SMARTS) is 1. The Kier molecular flexibility index (Phi) is 3.70. The van der Waals surface area contributed by atoms with Crippen LogP contribution >= 0.6 is 11.3 Å². The third-order valence-electron chi connectivity index (χ3n) is 2.61. The van der Waals surface area contributed by atoms with Crippen LogP contribution in [0.1, 0.15) is 20.9 Å². The molecule has 112 valence electrons. The number of hydrogen-bond acceptors (Lipinski definition) is 3. The summed E-state index contributed by atoms with van der Waals surface area (Å²) >= 11 is 0.558. The van der Waals surface area contributed by atoms with E-state index in [1.807, 2.05) is 0 Å². The smallest absolute Gasteiger partial charge is 0.419 e. The lowest BCUT2D eigenvalue weighted by molar-refractivity contribution is -0.140. The van der Waals surface area contributed by atoms with Crippen molar-refractivity contribution in [2.45, 2.75) is 13.1 Å². The highest BCUT2D eigenvalue weighted by Gasteiger charge is 2.36. The standard InChI is InChI=1S/C12H6F5NO2S/c1-4-9(11(19)20)21-10(18-4)5-2-3-6(12(15,16)17)8(14)7(5)13/h2-3H,1H3,(H,19,20). The Morgan fingerprint density at radius 1 is 1.24 bits per heavy atom. The number of aryl methyl sites for hydroxylation is 1. The topological polar surface area (TPSA) is 50.2 Å². The Hall–Kier alpha value is -2.03. The van der Waals surface area contributed by atoms with Gasteiger partial charge in [-0.05, 0) is 19.1 Å². The zero-order chi connectivity index (χ0) is 15.9. The first kappa shape index (κ1) is 15.4. The Morgan fingerprint density at radius 3 is 2.33 bits per heavy atom. The maximum Gasteiger partial charge on any atom is 0.419 e. The predicted molar refractivity (Wildman–Crippen MR) is 64.2 cm³/mol. The van der Waals surface area contributed by atoms with Crippen molar-refractivity contribution in [3.05, 3.63) is 39.9 Å². The van der Waals surface area contributed by atoms with Gasteiger partial charge in [0.1, 0.15) is 9.88 Å². The van der Waals surface area contributed by atoms with Crippen molar-refractivity contribution in [3.8, 4) is 10.6 Å². The Balaban J connectivity index is 2.59. The lowest BCUT2D eigenvalue weighted by Gasteiger charge is -2.09. The molecule has 0 bridgehead atoms. The number of halogens is 5. The minimum absolute atomic E-state index is 0.0715. The van der Waals surface area contributed by atoms with Crippen LogP contribution in [0, 0.1) is 18.6 Å². The van der Waals surface area contributed by atoms with Crippen LogP contribution in [-0.2, 0) is 6.18 Å². The average molecular weight is 323 g/mol. The summed E-state index contributed by atoms with van der Waals surface area (Å²) in [5, 5.41) is 8.66. The van der Waals surface area contributed by atoms with Gasteiger partial charge in [-0.15, -0.1) is 11.3 Å². The Labute approximate surface area is 118 Å². The van der Waals surface area contributed by atoms with Crippen molar-refractivity contribution in [3.63, 3.8) is 0 Å². The van der Waals surface area contributed by atoms with Gasteiger partial charge in [-0.3, -0.25) is 0 Å². The van der Waals surface area contributed by atoms with E-state index < -0.39 is 34.9 Å². The summed E-state index contributed by atoms with van der Waals surface area (Å²) in [6, 6.07) is 1.12. The van der Waals surface area contributed by atoms with Crippen LogP contribution in [0.25, 0.3) is 10.6 Å². The number of alkyl halides is 3. The molecule has 9 heteroatoms.